The first-order valence-corrected chi connectivity index (χ1v) is 13.6. The van der Waals surface area contributed by atoms with Gasteiger partial charge in [-0.05, 0) is 42.0 Å². The first-order chi connectivity index (χ1) is 20.9. The number of pyridine rings is 1. The van der Waals surface area contributed by atoms with Gasteiger partial charge in [-0.2, -0.15) is 0 Å². The fraction of sp³-hybridized carbons (Fsp3) is 0.258. The Morgan fingerprint density at radius 3 is 2.58 bits per heavy atom. The lowest BCUT2D eigenvalue weighted by atomic mass is 10.1. The average Bonchev–Trinajstić information content (AvgIpc) is 2.98. The molecule has 0 unspecified atom stereocenters. The number of nitrogens with zero attached hydrogens (tertiary/aromatic N) is 2. The Labute approximate surface area is 246 Å². The van der Waals surface area contributed by atoms with Gasteiger partial charge in [0.2, 0.25) is 5.91 Å². The van der Waals surface area contributed by atoms with Crippen LogP contribution >= 0.6 is 0 Å². The van der Waals surface area contributed by atoms with E-state index in [1.165, 1.54) is 37.4 Å². The molecule has 5 rings (SSSR count). The molecular formula is C31H30F2N4O6. The highest BCUT2D eigenvalue weighted by Gasteiger charge is 2.16. The molecule has 0 bridgehead atoms. The van der Waals surface area contributed by atoms with Crippen molar-refractivity contribution in [2.24, 2.45) is 0 Å². The van der Waals surface area contributed by atoms with Gasteiger partial charge >= 0.3 is 6.03 Å². The molecule has 3 amide bonds. The highest BCUT2D eigenvalue weighted by molar-refractivity contribution is 6.01. The zero-order valence-corrected chi connectivity index (χ0v) is 23.4. The first-order valence-electron chi connectivity index (χ1n) is 13.6. The predicted octanol–water partition coefficient (Wildman–Crippen LogP) is 4.92. The molecule has 10 nitrogen and oxygen atoms in total. The maximum atomic E-state index is 15.0. The molecule has 0 aliphatic carbocycles. The lowest BCUT2D eigenvalue weighted by Gasteiger charge is -2.26. The van der Waals surface area contributed by atoms with E-state index in [1.54, 1.807) is 30.5 Å². The average molecular weight is 593 g/mol. The minimum atomic E-state index is -0.857. The van der Waals surface area contributed by atoms with Gasteiger partial charge < -0.3 is 24.3 Å². The number of benzene rings is 3. The van der Waals surface area contributed by atoms with E-state index >= 15 is 4.39 Å². The summed E-state index contributed by atoms with van der Waals surface area (Å²) in [5, 5.41) is 5.11. The number of aromatic nitrogens is 1. The third-order valence-electron chi connectivity index (χ3n) is 6.67. The molecule has 224 valence electrons. The molecule has 43 heavy (non-hydrogen) atoms. The van der Waals surface area contributed by atoms with Crippen molar-refractivity contribution in [2.75, 3.05) is 51.9 Å². The van der Waals surface area contributed by atoms with Crippen molar-refractivity contribution in [3.63, 3.8) is 0 Å². The van der Waals surface area contributed by atoms with E-state index < -0.39 is 23.6 Å². The number of anilines is 1. The maximum absolute atomic E-state index is 15.0. The number of carbonyl (C=O) groups is 2. The Balaban J connectivity index is 1.22. The van der Waals surface area contributed by atoms with Crippen molar-refractivity contribution in [3.8, 4) is 23.0 Å². The van der Waals surface area contributed by atoms with Gasteiger partial charge in [0.25, 0.3) is 0 Å². The van der Waals surface area contributed by atoms with Gasteiger partial charge in [0.1, 0.15) is 18.2 Å². The second kappa shape index (κ2) is 13.9. The Kier molecular flexibility index (Phi) is 9.59. The van der Waals surface area contributed by atoms with Crippen LogP contribution in [0, 0.1) is 11.6 Å². The van der Waals surface area contributed by atoms with Crippen molar-refractivity contribution >= 4 is 28.5 Å². The lowest BCUT2D eigenvalue weighted by molar-refractivity contribution is -0.119. The number of imide groups is 1. The lowest BCUT2D eigenvalue weighted by Crippen LogP contribution is -2.38. The van der Waals surface area contributed by atoms with Crippen LogP contribution in [0.2, 0.25) is 0 Å². The summed E-state index contributed by atoms with van der Waals surface area (Å²) in [5.41, 5.74) is 1.07. The van der Waals surface area contributed by atoms with E-state index in [2.05, 4.69) is 20.5 Å². The SMILES string of the molecule is COc1cc2c(Oc3ccc(NC(=O)NC(=O)Cc4cccc(F)c4)cc3F)ccnc2cc1OCCN1CCOCC1. The number of ether oxygens (including phenoxy) is 4. The van der Waals surface area contributed by atoms with Gasteiger partial charge in [0.05, 0.1) is 32.3 Å². The van der Waals surface area contributed by atoms with Crippen LogP contribution in [0.15, 0.2) is 66.9 Å². The third-order valence-corrected chi connectivity index (χ3v) is 6.67. The van der Waals surface area contributed by atoms with Crippen LogP contribution in [-0.4, -0.2) is 68.4 Å². The summed E-state index contributed by atoms with van der Waals surface area (Å²) in [6, 6.07) is 13.6. The topological polar surface area (TPSA) is 111 Å². The van der Waals surface area contributed by atoms with Crippen molar-refractivity contribution in [2.45, 2.75) is 6.42 Å². The van der Waals surface area contributed by atoms with Crippen LogP contribution < -0.4 is 24.8 Å². The monoisotopic (exact) mass is 592 g/mol. The number of morpholine rings is 1. The minimum absolute atomic E-state index is 0.0922. The number of hydrogen-bond acceptors (Lipinski definition) is 8. The second-order valence-corrected chi connectivity index (χ2v) is 9.69. The molecule has 0 atom stereocenters. The zero-order chi connectivity index (χ0) is 30.2. The number of methoxy groups -OCH3 is 1. The van der Waals surface area contributed by atoms with E-state index in [-0.39, 0.29) is 17.9 Å². The summed E-state index contributed by atoms with van der Waals surface area (Å²) < 4.78 is 51.1. The summed E-state index contributed by atoms with van der Waals surface area (Å²) >= 11 is 0. The van der Waals surface area contributed by atoms with E-state index in [1.807, 2.05) is 0 Å². The number of rotatable bonds is 10. The number of hydrogen-bond donors (Lipinski definition) is 2. The summed E-state index contributed by atoms with van der Waals surface area (Å²) in [7, 11) is 1.53. The summed E-state index contributed by atoms with van der Waals surface area (Å²) in [5.74, 6) is -0.625. The number of nitrogens with one attached hydrogen (secondary N) is 2. The molecule has 2 heterocycles. The van der Waals surface area contributed by atoms with Crippen LogP contribution in [0.1, 0.15) is 5.56 Å². The number of urea groups is 1. The van der Waals surface area contributed by atoms with Crippen LogP contribution in [0.5, 0.6) is 23.0 Å². The molecule has 1 saturated heterocycles. The molecular weight excluding hydrogens is 562 g/mol. The van der Waals surface area contributed by atoms with Crippen molar-refractivity contribution in [1.82, 2.24) is 15.2 Å². The van der Waals surface area contributed by atoms with Crippen LogP contribution in [-0.2, 0) is 16.0 Å². The standard InChI is InChI=1S/C31H30F2N4O6/c1-40-28-18-23-25(19-29(28)42-14-11-37-9-12-41-13-10-37)34-8-7-26(23)43-27-6-5-22(17-24(27)33)35-31(39)36-30(38)16-20-3-2-4-21(32)15-20/h2-8,15,17-19H,9-14,16H2,1H3,(H2,35,36,38,39). The molecule has 2 N–H and O–H groups in total. The normalized spacial score (nSPS) is 13.4. The fourth-order valence-corrected chi connectivity index (χ4v) is 4.54. The Hall–Kier alpha value is -4.81. The smallest absolute Gasteiger partial charge is 0.325 e. The van der Waals surface area contributed by atoms with Crippen molar-refractivity contribution in [3.05, 3.63) is 84.1 Å². The van der Waals surface area contributed by atoms with Crippen molar-refractivity contribution in [1.29, 1.82) is 0 Å². The van der Waals surface area contributed by atoms with E-state index in [0.29, 0.717) is 53.5 Å². The van der Waals surface area contributed by atoms with Crippen LogP contribution in [0.4, 0.5) is 19.3 Å². The Morgan fingerprint density at radius 2 is 1.81 bits per heavy atom. The number of halogens is 2. The summed E-state index contributed by atoms with van der Waals surface area (Å²) in [4.78, 5) is 31.0. The molecule has 1 fully saturated rings. The third kappa shape index (κ3) is 7.93. The zero-order valence-electron chi connectivity index (χ0n) is 23.4. The van der Waals surface area contributed by atoms with Crippen LogP contribution in [0.25, 0.3) is 10.9 Å². The molecule has 1 aromatic heterocycles. The molecule has 3 aromatic carbocycles. The highest BCUT2D eigenvalue weighted by Crippen LogP contribution is 2.37. The van der Waals surface area contributed by atoms with E-state index in [0.717, 1.165) is 25.7 Å². The van der Waals surface area contributed by atoms with Gasteiger partial charge in [0.15, 0.2) is 23.1 Å². The van der Waals surface area contributed by atoms with Crippen LogP contribution in [0.3, 0.4) is 0 Å². The molecule has 0 spiro atoms. The molecule has 1 aliphatic heterocycles. The van der Waals surface area contributed by atoms with Gasteiger partial charge in [-0.3, -0.25) is 20.0 Å². The minimum Gasteiger partial charge on any atom is -0.493 e. The molecule has 1 aliphatic rings. The molecule has 0 radical (unpaired) electrons. The number of fused-ring (bicyclic) bond motifs is 1. The number of carbonyl (C=O) groups excluding carboxylic acids is 2. The summed E-state index contributed by atoms with van der Waals surface area (Å²) in [6.07, 6.45) is 1.35. The van der Waals surface area contributed by atoms with Gasteiger partial charge in [-0.15, -0.1) is 0 Å². The van der Waals surface area contributed by atoms with Gasteiger partial charge in [-0.1, -0.05) is 12.1 Å². The largest absolute Gasteiger partial charge is 0.493 e. The van der Waals surface area contributed by atoms with E-state index in [9.17, 15) is 14.0 Å². The van der Waals surface area contributed by atoms with Gasteiger partial charge in [0, 0.05) is 49.0 Å². The Bertz CT molecular complexity index is 1610. The molecule has 12 heteroatoms. The highest BCUT2D eigenvalue weighted by atomic mass is 19.1. The van der Waals surface area contributed by atoms with E-state index in [4.69, 9.17) is 18.9 Å². The quantitative estimate of drug-likeness (QED) is 0.267. The first kappa shape index (κ1) is 29.7. The van der Waals surface area contributed by atoms with Gasteiger partial charge in [-0.25, -0.2) is 13.6 Å². The van der Waals surface area contributed by atoms with Crippen molar-refractivity contribution < 1.29 is 37.3 Å². The predicted molar refractivity (Wildman–Crippen MR) is 155 cm³/mol. The molecule has 0 saturated carbocycles. The Morgan fingerprint density at radius 1 is 0.977 bits per heavy atom. The maximum Gasteiger partial charge on any atom is 0.325 e. The summed E-state index contributed by atoms with van der Waals surface area (Å²) in [6.45, 7) is 4.35. The number of amides is 3. The fourth-order valence-electron chi connectivity index (χ4n) is 4.54. The molecule has 4 aromatic rings. The second-order valence-electron chi connectivity index (χ2n) is 9.69.